The Balaban J connectivity index is 1.27. The first-order valence-electron chi connectivity index (χ1n) is 17.8. The number of hydrogen-bond donors (Lipinski definition) is 2. The van der Waals surface area contributed by atoms with Crippen LogP contribution in [0, 0.1) is 5.82 Å². The standard InChI is InChI=1S/C42H48FN4O2P/c1-41(2,29-42(3,4)50(31-14-8-5-9-15-31,32-16-10-6-11-17-32)33-18-12-7-13-19-33)45-40(49)35-28-47(30-20-21-30)37-27-38(46-24-22-44-23-25-46)36(43)26-34(37)39(35)48/h5-19,26-28,30,44,50H,20-25,29H2,1-4H3,(H,45,49). The van der Waals surface area contributed by atoms with Crippen LogP contribution in [0.15, 0.2) is 114 Å². The zero-order valence-electron chi connectivity index (χ0n) is 29.5. The average molecular weight is 691 g/mol. The molecule has 1 saturated heterocycles. The number of piperazine rings is 1. The third-order valence-corrected chi connectivity index (χ3v) is 16.5. The first-order valence-corrected chi connectivity index (χ1v) is 19.8. The molecule has 2 fully saturated rings. The van der Waals surface area contributed by atoms with Gasteiger partial charge in [-0.2, -0.15) is 0 Å². The van der Waals surface area contributed by atoms with Gasteiger partial charge < -0.3 is 5.32 Å². The molecule has 0 spiro atoms. The van der Waals surface area contributed by atoms with Crippen LogP contribution in [0.4, 0.5) is 10.1 Å². The molecule has 50 heavy (non-hydrogen) atoms. The molecule has 5 aromatic rings. The summed E-state index contributed by atoms with van der Waals surface area (Å²) >= 11 is 0. The normalized spacial score (nSPS) is 16.0. The van der Waals surface area contributed by atoms with E-state index in [2.05, 4.69) is 115 Å². The number of pyridine rings is 1. The Morgan fingerprint density at radius 3 is 1.86 bits per heavy atom. The molecule has 1 aliphatic carbocycles. The summed E-state index contributed by atoms with van der Waals surface area (Å²) in [5, 5.41) is 10.4. The maximum atomic E-state index is 15.6. The number of fused-ring (bicyclic) bond motifs is 1. The second-order valence-electron chi connectivity index (χ2n) is 15.3. The molecule has 2 heterocycles. The number of hydrogen-bond acceptors (Lipinski definition) is 4. The molecule has 7 rings (SSSR count). The molecule has 1 aliphatic heterocycles. The van der Waals surface area contributed by atoms with Crippen LogP contribution in [0.1, 0.15) is 63.4 Å². The number of rotatable bonds is 10. The molecule has 0 unspecified atom stereocenters. The fraction of sp³-hybridized carbons (Fsp3) is 0.333. The molecule has 0 atom stereocenters. The van der Waals surface area contributed by atoms with Gasteiger partial charge in [0.1, 0.15) is 0 Å². The van der Waals surface area contributed by atoms with Gasteiger partial charge in [0.05, 0.1) is 0 Å². The van der Waals surface area contributed by atoms with Crippen molar-refractivity contribution in [2.75, 3.05) is 31.1 Å². The van der Waals surface area contributed by atoms with E-state index in [1.54, 1.807) is 6.20 Å². The van der Waals surface area contributed by atoms with Gasteiger partial charge in [0.25, 0.3) is 0 Å². The van der Waals surface area contributed by atoms with Crippen molar-refractivity contribution in [2.24, 2.45) is 0 Å². The van der Waals surface area contributed by atoms with Crippen LogP contribution >= 0.6 is 7.26 Å². The predicted molar refractivity (Wildman–Crippen MR) is 208 cm³/mol. The van der Waals surface area contributed by atoms with Crippen LogP contribution in [0.2, 0.25) is 0 Å². The number of nitrogens with zero attached hydrogens (tertiary/aromatic N) is 2. The minimum absolute atomic E-state index is 0.0577. The van der Waals surface area contributed by atoms with Gasteiger partial charge in [-0.1, -0.05) is 0 Å². The SMILES string of the molecule is CC(C)(CC(C)(C)[PH](c1ccccc1)(c1ccccc1)c1ccccc1)NC(=O)c1cn(C2CC2)c2cc(N3CCNCC3)c(F)cc2c1=O. The second kappa shape index (κ2) is 13.4. The van der Waals surface area contributed by atoms with E-state index in [0.29, 0.717) is 30.7 Å². The molecule has 6 nitrogen and oxygen atoms in total. The van der Waals surface area contributed by atoms with Crippen molar-refractivity contribution >= 4 is 45.7 Å². The number of halogens is 1. The molecule has 0 radical (unpaired) electrons. The van der Waals surface area contributed by atoms with E-state index in [1.165, 1.54) is 22.0 Å². The molecule has 1 amide bonds. The van der Waals surface area contributed by atoms with E-state index in [1.807, 2.05) is 29.4 Å². The van der Waals surface area contributed by atoms with Crippen molar-refractivity contribution in [1.29, 1.82) is 0 Å². The van der Waals surface area contributed by atoms with Crippen molar-refractivity contribution < 1.29 is 9.18 Å². The topological polar surface area (TPSA) is 66.4 Å². The Labute approximate surface area is 295 Å². The molecule has 1 saturated carbocycles. The van der Waals surface area contributed by atoms with Crippen LogP contribution < -0.4 is 36.9 Å². The van der Waals surface area contributed by atoms with Gasteiger partial charge >= 0.3 is 264 Å². The predicted octanol–water partition coefficient (Wildman–Crippen LogP) is 6.29. The van der Waals surface area contributed by atoms with Crippen LogP contribution in [0.25, 0.3) is 10.9 Å². The van der Waals surface area contributed by atoms with Crippen molar-refractivity contribution in [3.05, 3.63) is 131 Å². The summed E-state index contributed by atoms with van der Waals surface area (Å²) in [7, 11) is -2.75. The van der Waals surface area contributed by atoms with Gasteiger partial charge in [-0.3, -0.25) is 0 Å². The molecule has 8 heteroatoms. The van der Waals surface area contributed by atoms with E-state index in [4.69, 9.17) is 0 Å². The van der Waals surface area contributed by atoms with Gasteiger partial charge in [-0.15, -0.1) is 0 Å². The number of aromatic nitrogens is 1. The monoisotopic (exact) mass is 690 g/mol. The van der Waals surface area contributed by atoms with Gasteiger partial charge in [0.15, 0.2) is 0 Å². The zero-order chi connectivity index (χ0) is 35.1. The van der Waals surface area contributed by atoms with Crippen molar-refractivity contribution in [3.63, 3.8) is 0 Å². The molecule has 2 N–H and O–H groups in total. The Morgan fingerprint density at radius 2 is 1.36 bits per heavy atom. The quantitative estimate of drug-likeness (QED) is 0.169. The average Bonchev–Trinajstić information content (AvgIpc) is 3.95. The van der Waals surface area contributed by atoms with Gasteiger partial charge in [-0.25, -0.2) is 0 Å². The van der Waals surface area contributed by atoms with Gasteiger partial charge in [0.2, 0.25) is 0 Å². The summed E-state index contributed by atoms with van der Waals surface area (Å²) in [5.41, 5.74) is 0.129. The van der Waals surface area contributed by atoms with Crippen LogP contribution in [0.3, 0.4) is 0 Å². The Kier molecular flexibility index (Phi) is 9.17. The van der Waals surface area contributed by atoms with Crippen molar-refractivity contribution in [2.45, 2.75) is 63.7 Å². The molecule has 2 aliphatic rings. The number of benzene rings is 4. The van der Waals surface area contributed by atoms with Gasteiger partial charge in [-0.05, 0) is 0 Å². The van der Waals surface area contributed by atoms with E-state index in [-0.39, 0.29) is 22.1 Å². The fourth-order valence-electron chi connectivity index (χ4n) is 8.72. The Hall–Kier alpha value is -4.32. The van der Waals surface area contributed by atoms with Crippen molar-refractivity contribution in [3.8, 4) is 0 Å². The number of nitrogens with one attached hydrogen (secondary N) is 2. The van der Waals surface area contributed by atoms with E-state index in [0.717, 1.165) is 25.9 Å². The Morgan fingerprint density at radius 1 is 0.840 bits per heavy atom. The molecule has 4 aromatic carbocycles. The van der Waals surface area contributed by atoms with Crippen LogP contribution in [-0.2, 0) is 0 Å². The third kappa shape index (κ3) is 6.27. The molecule has 260 valence electrons. The maximum absolute atomic E-state index is 15.6. The molecular formula is C42H48FN4O2P. The zero-order valence-corrected chi connectivity index (χ0v) is 30.5. The summed E-state index contributed by atoms with van der Waals surface area (Å²) < 4.78 is 17.7. The summed E-state index contributed by atoms with van der Waals surface area (Å²) in [5.74, 6) is -0.854. The molecule has 1 aromatic heterocycles. The summed E-state index contributed by atoms with van der Waals surface area (Å²) in [6.45, 7) is 11.7. The summed E-state index contributed by atoms with van der Waals surface area (Å²) in [6, 6.07) is 35.7. The first-order chi connectivity index (χ1) is 24.0. The first kappa shape index (κ1) is 34.1. The van der Waals surface area contributed by atoms with Gasteiger partial charge in [0, 0.05) is 26.2 Å². The van der Waals surface area contributed by atoms with Crippen LogP contribution in [-0.4, -0.2) is 47.3 Å². The number of amides is 1. The van der Waals surface area contributed by atoms with E-state index >= 15 is 4.39 Å². The molecule has 0 bridgehead atoms. The second-order valence-corrected chi connectivity index (χ2v) is 19.9. The fourth-order valence-corrected chi connectivity index (χ4v) is 14.8. The number of anilines is 1. The number of carbonyl (C=O) groups is 1. The summed E-state index contributed by atoms with van der Waals surface area (Å²) in [6.07, 6.45) is 4.29. The van der Waals surface area contributed by atoms with Crippen molar-refractivity contribution in [1.82, 2.24) is 15.2 Å². The third-order valence-electron chi connectivity index (χ3n) is 10.7. The molecular weight excluding hydrogens is 642 g/mol. The van der Waals surface area contributed by atoms with Crippen LogP contribution in [0.5, 0.6) is 0 Å². The number of carbonyl (C=O) groups excluding carboxylic acids is 1. The summed E-state index contributed by atoms with van der Waals surface area (Å²) in [4.78, 5) is 30.3. The van der Waals surface area contributed by atoms with E-state index in [9.17, 15) is 9.59 Å². The Bertz CT molecular complexity index is 1960. The van der Waals surface area contributed by atoms with E-state index < -0.39 is 30.0 Å². The minimum atomic E-state index is -2.75.